The molecule has 8 fully saturated rings. The Morgan fingerprint density at radius 1 is 0.476 bits per heavy atom. The highest BCUT2D eigenvalue weighted by molar-refractivity contribution is 6.36. The van der Waals surface area contributed by atoms with Gasteiger partial charge in [-0.05, 0) is 99.6 Å². The van der Waals surface area contributed by atoms with E-state index in [1.165, 1.54) is 9.80 Å². The third kappa shape index (κ3) is 4.48. The molecular formula is C30H28Cl4N4O4. The van der Waals surface area contributed by atoms with Gasteiger partial charge in [0.05, 0.1) is 11.4 Å². The van der Waals surface area contributed by atoms with E-state index in [9.17, 15) is 19.2 Å². The molecule has 6 aliphatic heterocycles. The van der Waals surface area contributed by atoms with Gasteiger partial charge in [-0.15, -0.1) is 0 Å². The number of carbonyl (C=O) groups excluding carboxylic acids is 4. The van der Waals surface area contributed by atoms with Crippen LogP contribution in [-0.2, 0) is 9.59 Å². The summed E-state index contributed by atoms with van der Waals surface area (Å²) in [7, 11) is 0. The minimum atomic E-state index is -0.289. The zero-order chi connectivity index (χ0) is 29.4. The molecule has 2 aliphatic carbocycles. The third-order valence-corrected chi connectivity index (χ3v) is 10.6. The maximum absolute atomic E-state index is 12.7. The predicted octanol–water partition coefficient (Wildman–Crippen LogP) is 7.41. The van der Waals surface area contributed by atoms with Crippen LogP contribution in [0.2, 0.25) is 20.1 Å². The van der Waals surface area contributed by atoms with Crippen molar-refractivity contribution < 1.29 is 19.2 Å². The van der Waals surface area contributed by atoms with E-state index in [0.717, 1.165) is 51.4 Å². The largest absolute Gasteiger partial charge is 0.332 e. The van der Waals surface area contributed by atoms with Crippen LogP contribution in [0.3, 0.4) is 0 Å². The summed E-state index contributed by atoms with van der Waals surface area (Å²) in [4.78, 5) is 57.0. The summed E-state index contributed by atoms with van der Waals surface area (Å²) in [6.07, 6.45) is 8.16. The lowest BCUT2D eigenvalue weighted by Gasteiger charge is -2.45. The number of urea groups is 2. The van der Waals surface area contributed by atoms with Crippen molar-refractivity contribution in [2.75, 3.05) is 9.80 Å². The highest BCUT2D eigenvalue weighted by atomic mass is 35.5. The summed E-state index contributed by atoms with van der Waals surface area (Å²) in [5.41, 5.74) is 0.938. The molecule has 6 heterocycles. The number of nitrogens with zero attached hydrogens (tertiary/aromatic N) is 4. The zero-order valence-electron chi connectivity index (χ0n) is 22.5. The lowest BCUT2D eigenvalue weighted by Crippen LogP contribution is -2.54. The molecule has 220 valence electrons. The van der Waals surface area contributed by atoms with E-state index in [1.807, 2.05) is 0 Å². The first-order valence-electron chi connectivity index (χ1n) is 14.4. The molecule has 4 bridgehead atoms. The van der Waals surface area contributed by atoms with Crippen molar-refractivity contribution in [3.05, 3.63) is 56.5 Å². The van der Waals surface area contributed by atoms with Crippen molar-refractivity contribution in [3.8, 4) is 0 Å². The maximum atomic E-state index is 12.7. The van der Waals surface area contributed by atoms with Gasteiger partial charge in [-0.1, -0.05) is 46.4 Å². The molecule has 0 N–H and O–H groups in total. The number of piperidine rings is 4. The Balaban J connectivity index is 0.000000137. The van der Waals surface area contributed by atoms with E-state index in [1.54, 1.807) is 46.2 Å². The normalized spacial score (nSPS) is 31.0. The number of anilines is 2. The molecule has 6 saturated heterocycles. The van der Waals surface area contributed by atoms with E-state index in [4.69, 9.17) is 46.4 Å². The Labute approximate surface area is 263 Å². The van der Waals surface area contributed by atoms with Gasteiger partial charge in [-0.25, -0.2) is 19.4 Å². The number of rotatable bonds is 2. The number of hydrogen-bond donors (Lipinski definition) is 0. The van der Waals surface area contributed by atoms with Crippen LogP contribution in [0.1, 0.15) is 51.4 Å². The van der Waals surface area contributed by atoms with Gasteiger partial charge < -0.3 is 9.80 Å². The molecule has 2 aromatic carbocycles. The molecule has 0 aromatic heterocycles. The molecule has 0 spiro atoms. The van der Waals surface area contributed by atoms with Crippen LogP contribution in [-0.4, -0.2) is 57.8 Å². The van der Waals surface area contributed by atoms with Crippen LogP contribution in [0.25, 0.3) is 0 Å². The second kappa shape index (κ2) is 10.6. The number of hydrogen-bond acceptors (Lipinski definition) is 4. The number of amides is 6. The number of benzene rings is 2. The molecule has 8 aliphatic rings. The quantitative estimate of drug-likeness (QED) is 0.317. The maximum Gasteiger partial charge on any atom is 0.332 e. The van der Waals surface area contributed by atoms with Crippen molar-refractivity contribution >= 4 is 81.7 Å². The van der Waals surface area contributed by atoms with Gasteiger partial charge in [0.1, 0.15) is 12.1 Å². The zero-order valence-corrected chi connectivity index (χ0v) is 25.5. The fraction of sp³-hybridized carbons (Fsp3) is 0.467. The van der Waals surface area contributed by atoms with E-state index in [0.29, 0.717) is 43.3 Å². The highest BCUT2D eigenvalue weighted by Gasteiger charge is 2.57. The van der Waals surface area contributed by atoms with Crippen molar-refractivity contribution in [2.45, 2.75) is 75.5 Å². The Bertz CT molecular complexity index is 1290. The van der Waals surface area contributed by atoms with Crippen molar-refractivity contribution in [1.82, 2.24) is 9.80 Å². The van der Waals surface area contributed by atoms with Gasteiger partial charge in [0.25, 0.3) is 11.8 Å². The molecule has 10 rings (SSSR count). The summed E-state index contributed by atoms with van der Waals surface area (Å²) in [5.74, 6) is 0.331. The minimum Gasteiger partial charge on any atom is -0.309 e. The van der Waals surface area contributed by atoms with Gasteiger partial charge in [0, 0.05) is 32.2 Å². The Kier molecular flexibility index (Phi) is 7.12. The fourth-order valence-electron chi connectivity index (χ4n) is 7.99. The SMILES string of the molecule is O=C1[C@@H]2C3CCC(CC3)N2C(=O)N1c1cc(Cl)cc(Cl)c1.O=C1[C@H]2C3CCC(CC3)N2C(=O)N1c1cc(Cl)cc(Cl)c1. The molecule has 0 unspecified atom stereocenters. The van der Waals surface area contributed by atoms with Crippen LogP contribution in [0, 0.1) is 11.8 Å². The van der Waals surface area contributed by atoms with Gasteiger partial charge >= 0.3 is 12.1 Å². The standard InChI is InChI=1S/2C15H14Cl2N2O2/c2*16-9-5-10(17)7-12(6-9)19-14(20)13-8-1-3-11(4-2-8)18(13)15(19)21/h2*5-8,11,13H,1-4H2/t2*8?,11?,13-/m10/s1. The Morgan fingerprint density at radius 3 is 1.07 bits per heavy atom. The molecule has 8 nitrogen and oxygen atoms in total. The second-order valence-corrected chi connectivity index (χ2v) is 13.8. The molecule has 6 amide bonds. The summed E-state index contributed by atoms with van der Waals surface area (Å²) in [5, 5.41) is 1.69. The minimum absolute atomic E-state index is 0.132. The molecule has 12 heteroatoms. The third-order valence-electron chi connectivity index (χ3n) is 9.74. The van der Waals surface area contributed by atoms with Crippen LogP contribution in [0.4, 0.5) is 21.0 Å². The van der Waals surface area contributed by atoms with E-state index < -0.39 is 0 Å². The van der Waals surface area contributed by atoms with Crippen molar-refractivity contribution in [2.24, 2.45) is 11.8 Å². The van der Waals surface area contributed by atoms with E-state index in [2.05, 4.69) is 0 Å². The average molecular weight is 650 g/mol. The average Bonchev–Trinajstić information content (AvgIpc) is 3.41. The monoisotopic (exact) mass is 648 g/mol. The van der Waals surface area contributed by atoms with Gasteiger partial charge in [0.15, 0.2) is 0 Å². The van der Waals surface area contributed by atoms with Gasteiger partial charge in [0.2, 0.25) is 0 Å². The number of fused-ring (bicyclic) bond motifs is 4. The van der Waals surface area contributed by atoms with Gasteiger partial charge in [-0.2, -0.15) is 0 Å². The smallest absolute Gasteiger partial charge is 0.309 e. The van der Waals surface area contributed by atoms with Gasteiger partial charge in [-0.3, -0.25) is 9.59 Å². The van der Waals surface area contributed by atoms with Crippen LogP contribution in [0.15, 0.2) is 36.4 Å². The van der Waals surface area contributed by atoms with E-state index >= 15 is 0 Å². The molecule has 0 radical (unpaired) electrons. The first kappa shape index (κ1) is 28.3. The van der Waals surface area contributed by atoms with Crippen LogP contribution < -0.4 is 9.80 Å². The number of imide groups is 2. The van der Waals surface area contributed by atoms with Crippen molar-refractivity contribution in [1.29, 1.82) is 0 Å². The lowest BCUT2D eigenvalue weighted by molar-refractivity contribution is -0.125. The first-order valence-corrected chi connectivity index (χ1v) is 15.9. The topological polar surface area (TPSA) is 81.2 Å². The molecular weight excluding hydrogens is 622 g/mol. The Morgan fingerprint density at radius 2 is 0.786 bits per heavy atom. The summed E-state index contributed by atoms with van der Waals surface area (Å²) in [6.45, 7) is 0. The molecule has 2 atom stereocenters. The van der Waals surface area contributed by atoms with Crippen molar-refractivity contribution in [3.63, 3.8) is 0 Å². The molecule has 2 aromatic rings. The molecule has 42 heavy (non-hydrogen) atoms. The summed E-state index contributed by atoms with van der Waals surface area (Å²) in [6, 6.07) is 9.03. The number of carbonyl (C=O) groups is 4. The summed E-state index contributed by atoms with van der Waals surface area (Å²) < 4.78 is 0. The van der Waals surface area contributed by atoms with Crippen LogP contribution in [0.5, 0.6) is 0 Å². The fourth-order valence-corrected chi connectivity index (χ4v) is 9.02. The Hall–Kier alpha value is -2.52. The predicted molar refractivity (Wildman–Crippen MR) is 161 cm³/mol. The van der Waals surface area contributed by atoms with E-state index in [-0.39, 0.29) is 48.0 Å². The highest BCUT2D eigenvalue weighted by Crippen LogP contribution is 2.46. The van der Waals surface area contributed by atoms with Crippen LogP contribution >= 0.6 is 46.4 Å². The molecule has 2 saturated carbocycles. The number of halogens is 4. The lowest BCUT2D eigenvalue weighted by atomic mass is 9.75. The summed E-state index contributed by atoms with van der Waals surface area (Å²) >= 11 is 24.0. The second-order valence-electron chi connectivity index (χ2n) is 12.0. The first-order chi connectivity index (χ1) is 20.1.